The maximum absolute atomic E-state index is 13.2. The molecule has 1 aromatic heterocycles. The molecule has 0 spiro atoms. The lowest BCUT2D eigenvalue weighted by Crippen LogP contribution is -2.40. The highest BCUT2D eigenvalue weighted by Gasteiger charge is 2.60. The van der Waals surface area contributed by atoms with Gasteiger partial charge in [0.05, 0.1) is 23.2 Å². The monoisotopic (exact) mass is 401 g/mol. The van der Waals surface area contributed by atoms with Crippen molar-refractivity contribution >= 4 is 40.7 Å². The highest BCUT2D eigenvalue weighted by Crippen LogP contribution is 2.45. The third-order valence-corrected chi connectivity index (χ3v) is 5.44. The van der Waals surface area contributed by atoms with Crippen LogP contribution in [-0.4, -0.2) is 46.5 Å². The highest BCUT2D eigenvalue weighted by molar-refractivity contribution is 7.08. The molecule has 3 unspecified atom stereocenters. The lowest BCUT2D eigenvalue weighted by molar-refractivity contribution is -0.175. The Bertz CT molecular complexity index is 975. The van der Waals surface area contributed by atoms with Crippen LogP contribution in [0.15, 0.2) is 41.1 Å². The zero-order chi connectivity index (χ0) is 20.0. The van der Waals surface area contributed by atoms with E-state index in [2.05, 4.69) is 0 Å². The van der Waals surface area contributed by atoms with Crippen molar-refractivity contribution in [3.8, 4) is 0 Å². The van der Waals surface area contributed by atoms with E-state index in [-0.39, 0.29) is 17.8 Å². The second kappa shape index (κ2) is 6.82. The molecule has 2 saturated heterocycles. The van der Waals surface area contributed by atoms with Crippen LogP contribution in [-0.2, 0) is 19.2 Å². The molecule has 144 valence electrons. The number of carbonyl (C=O) groups is 4. The van der Waals surface area contributed by atoms with Gasteiger partial charge in [0, 0.05) is 0 Å². The second-order valence-electron chi connectivity index (χ2n) is 6.46. The second-order valence-corrected chi connectivity index (χ2v) is 7.24. The van der Waals surface area contributed by atoms with Crippen LogP contribution in [0.25, 0.3) is 0 Å². The van der Waals surface area contributed by atoms with E-state index in [4.69, 9.17) is 15.7 Å². The molecule has 10 heteroatoms. The van der Waals surface area contributed by atoms with E-state index in [0.717, 1.165) is 10.5 Å². The third-order valence-electron chi connectivity index (χ3n) is 4.74. The summed E-state index contributed by atoms with van der Waals surface area (Å²) in [6, 6.07) is 6.73. The molecule has 0 aliphatic carbocycles. The average molecular weight is 401 g/mol. The molecule has 3 atom stereocenters. The molecule has 2 fully saturated rings. The van der Waals surface area contributed by atoms with Crippen molar-refractivity contribution in [3.63, 3.8) is 0 Å². The van der Waals surface area contributed by atoms with Crippen LogP contribution in [0, 0.1) is 5.92 Å². The van der Waals surface area contributed by atoms with Gasteiger partial charge in [0.2, 0.25) is 11.8 Å². The molecule has 1 aromatic carbocycles. The van der Waals surface area contributed by atoms with E-state index < -0.39 is 41.8 Å². The number of carboxylic acid groups (broad SMARTS) is 1. The smallest absolute Gasteiger partial charge is 0.335 e. The van der Waals surface area contributed by atoms with E-state index in [9.17, 15) is 19.2 Å². The van der Waals surface area contributed by atoms with Crippen molar-refractivity contribution in [1.82, 2.24) is 5.06 Å². The number of thiophene rings is 1. The number of aromatic carboxylic acids is 1. The molecule has 0 saturated carbocycles. The molecule has 3 heterocycles. The number of imide groups is 1. The number of primary amides is 1. The first kappa shape index (κ1) is 18.3. The number of nitrogens with zero attached hydrogens (tertiary/aromatic N) is 2. The van der Waals surface area contributed by atoms with E-state index >= 15 is 0 Å². The van der Waals surface area contributed by atoms with Gasteiger partial charge in [-0.2, -0.15) is 16.4 Å². The number of anilines is 1. The summed E-state index contributed by atoms with van der Waals surface area (Å²) in [5.74, 6) is -3.80. The Labute approximate surface area is 162 Å². The standard InChI is InChI=1S/C18H15N3O6S/c19-12(22)7-20-14(10-4-5-28-8-10)13-15(27-20)17(24)21(16(13)23)11-3-1-2-9(6-11)18(25)26/h1-6,8,13-15H,7H2,(H2,19,22)(H,25,26). The van der Waals surface area contributed by atoms with E-state index in [1.54, 1.807) is 6.07 Å². The molecule has 2 aromatic rings. The molecule has 4 rings (SSSR count). The fourth-order valence-electron chi connectivity index (χ4n) is 3.61. The lowest BCUT2D eigenvalue weighted by Gasteiger charge is -2.25. The molecule has 2 aliphatic rings. The number of benzene rings is 1. The predicted octanol–water partition coefficient (Wildman–Crippen LogP) is 0.778. The summed E-state index contributed by atoms with van der Waals surface area (Å²) in [5, 5.41) is 14.1. The van der Waals surface area contributed by atoms with Gasteiger partial charge in [0.25, 0.3) is 5.91 Å². The van der Waals surface area contributed by atoms with Crippen molar-refractivity contribution in [2.24, 2.45) is 11.7 Å². The molecule has 2 aliphatic heterocycles. The topological polar surface area (TPSA) is 130 Å². The number of hydroxylamine groups is 2. The fourth-order valence-corrected chi connectivity index (χ4v) is 4.30. The Hall–Kier alpha value is -3.08. The zero-order valence-electron chi connectivity index (χ0n) is 14.3. The van der Waals surface area contributed by atoms with Crippen molar-refractivity contribution in [1.29, 1.82) is 0 Å². The number of hydrogen-bond donors (Lipinski definition) is 2. The van der Waals surface area contributed by atoms with Gasteiger partial charge in [0.15, 0.2) is 6.10 Å². The van der Waals surface area contributed by atoms with Crippen LogP contribution >= 0.6 is 11.3 Å². The van der Waals surface area contributed by atoms with Gasteiger partial charge in [-0.3, -0.25) is 19.2 Å². The number of nitrogens with two attached hydrogens (primary N) is 1. The number of carbonyl (C=O) groups excluding carboxylic acids is 3. The van der Waals surface area contributed by atoms with Crippen molar-refractivity contribution in [2.45, 2.75) is 12.1 Å². The minimum atomic E-state index is -1.17. The first-order chi connectivity index (χ1) is 13.4. The van der Waals surface area contributed by atoms with E-state index in [1.807, 2.05) is 10.8 Å². The minimum absolute atomic E-state index is 0.0409. The Morgan fingerprint density at radius 1 is 1.21 bits per heavy atom. The molecule has 3 amide bonds. The van der Waals surface area contributed by atoms with Crippen LogP contribution in [0.5, 0.6) is 0 Å². The normalized spacial score (nSPS) is 24.6. The molecular weight excluding hydrogens is 386 g/mol. The van der Waals surface area contributed by atoms with Crippen LogP contribution in [0.3, 0.4) is 0 Å². The van der Waals surface area contributed by atoms with Crippen molar-refractivity contribution < 1.29 is 29.1 Å². The van der Waals surface area contributed by atoms with Gasteiger partial charge in [0.1, 0.15) is 6.54 Å². The average Bonchev–Trinajstić information content (AvgIpc) is 3.33. The Kier molecular flexibility index (Phi) is 4.46. The zero-order valence-corrected chi connectivity index (χ0v) is 15.2. The maximum Gasteiger partial charge on any atom is 0.335 e. The largest absolute Gasteiger partial charge is 0.478 e. The van der Waals surface area contributed by atoms with Crippen molar-refractivity contribution in [2.75, 3.05) is 11.4 Å². The summed E-state index contributed by atoms with van der Waals surface area (Å²) in [4.78, 5) is 55.3. The molecule has 28 heavy (non-hydrogen) atoms. The van der Waals surface area contributed by atoms with Crippen LogP contribution in [0.1, 0.15) is 22.0 Å². The lowest BCUT2D eigenvalue weighted by atomic mass is 9.92. The van der Waals surface area contributed by atoms with Gasteiger partial charge in [-0.1, -0.05) is 6.07 Å². The van der Waals surface area contributed by atoms with Gasteiger partial charge in [-0.25, -0.2) is 9.69 Å². The summed E-state index contributed by atoms with van der Waals surface area (Å²) < 4.78 is 0. The first-order valence-corrected chi connectivity index (χ1v) is 9.27. The summed E-state index contributed by atoms with van der Waals surface area (Å²) in [7, 11) is 0. The SMILES string of the molecule is NC(=O)CN1OC2C(=O)N(c3cccc(C(=O)O)c3)C(=O)C2C1c1ccsc1. The number of rotatable bonds is 5. The number of carboxylic acids is 1. The predicted molar refractivity (Wildman–Crippen MR) is 97.2 cm³/mol. The Morgan fingerprint density at radius 2 is 2.00 bits per heavy atom. The number of amides is 3. The minimum Gasteiger partial charge on any atom is -0.478 e. The fraction of sp³-hybridized carbons (Fsp3) is 0.222. The van der Waals surface area contributed by atoms with Crippen LogP contribution in [0.2, 0.25) is 0 Å². The molecule has 0 bridgehead atoms. The molecule has 9 nitrogen and oxygen atoms in total. The van der Waals surface area contributed by atoms with E-state index in [0.29, 0.717) is 0 Å². The van der Waals surface area contributed by atoms with Gasteiger partial charge >= 0.3 is 5.97 Å². The maximum atomic E-state index is 13.2. The molecule has 3 N–H and O–H groups in total. The number of hydrogen-bond acceptors (Lipinski definition) is 7. The summed E-state index contributed by atoms with van der Waals surface area (Å²) in [6.07, 6.45) is -1.11. The van der Waals surface area contributed by atoms with Crippen molar-refractivity contribution in [3.05, 3.63) is 52.2 Å². The quantitative estimate of drug-likeness (QED) is 0.708. The summed E-state index contributed by atoms with van der Waals surface area (Å²) >= 11 is 1.41. The first-order valence-electron chi connectivity index (χ1n) is 8.33. The molecular formula is C18H15N3O6S. The van der Waals surface area contributed by atoms with Crippen LogP contribution < -0.4 is 10.6 Å². The molecule has 0 radical (unpaired) electrons. The van der Waals surface area contributed by atoms with Gasteiger partial charge in [-0.05, 0) is 40.6 Å². The van der Waals surface area contributed by atoms with Gasteiger partial charge < -0.3 is 10.8 Å². The van der Waals surface area contributed by atoms with E-state index in [1.165, 1.54) is 40.7 Å². The highest BCUT2D eigenvalue weighted by atomic mass is 32.1. The Balaban J connectivity index is 1.72. The third kappa shape index (κ3) is 2.87. The summed E-state index contributed by atoms with van der Waals surface area (Å²) in [5.41, 5.74) is 6.14. The summed E-state index contributed by atoms with van der Waals surface area (Å²) in [6.45, 7) is -0.261. The Morgan fingerprint density at radius 3 is 2.64 bits per heavy atom. The van der Waals surface area contributed by atoms with Gasteiger partial charge in [-0.15, -0.1) is 0 Å². The van der Waals surface area contributed by atoms with Crippen LogP contribution in [0.4, 0.5) is 5.69 Å². The number of fused-ring (bicyclic) bond motifs is 1.